The maximum atomic E-state index is 11.5. The summed E-state index contributed by atoms with van der Waals surface area (Å²) >= 11 is 3.58. The van der Waals surface area contributed by atoms with Gasteiger partial charge in [-0.25, -0.2) is 0 Å². The lowest BCUT2D eigenvalue weighted by Crippen LogP contribution is -2.05. The van der Waals surface area contributed by atoms with Crippen LogP contribution in [0, 0.1) is 0 Å². The van der Waals surface area contributed by atoms with E-state index in [9.17, 15) is 4.79 Å². The SMILES string of the molecule is COCOc1cc(OCOC)c(-c2ccccc2)c(C=CC(C)=O)c1Br. The Morgan fingerprint density at radius 3 is 2.23 bits per heavy atom. The van der Waals surface area contributed by atoms with Gasteiger partial charge in [0.1, 0.15) is 11.5 Å². The summed E-state index contributed by atoms with van der Waals surface area (Å²) in [5.41, 5.74) is 2.55. The Balaban J connectivity index is 2.70. The zero-order chi connectivity index (χ0) is 18.9. The molecule has 138 valence electrons. The topological polar surface area (TPSA) is 54.0 Å². The lowest BCUT2D eigenvalue weighted by atomic mass is 9.97. The molecule has 0 aromatic heterocycles. The molecule has 0 saturated carbocycles. The molecular weight excluding hydrogens is 400 g/mol. The fraction of sp³-hybridized carbons (Fsp3) is 0.250. The monoisotopic (exact) mass is 420 g/mol. The molecule has 2 rings (SSSR count). The molecule has 0 unspecified atom stereocenters. The standard InChI is InChI=1S/C20H21BrO5/c1-14(22)9-10-16-19(15-7-5-4-6-8-15)17(25-12-23-2)11-18(20(16)21)26-13-24-3/h4-11H,12-13H2,1-3H3. The second-order valence-electron chi connectivity index (χ2n) is 5.39. The summed E-state index contributed by atoms with van der Waals surface area (Å²) in [7, 11) is 3.10. The maximum Gasteiger partial charge on any atom is 0.188 e. The first-order valence-electron chi connectivity index (χ1n) is 7.92. The predicted octanol–water partition coefficient (Wildman–Crippen LogP) is 4.68. The van der Waals surface area contributed by atoms with Gasteiger partial charge in [-0.15, -0.1) is 0 Å². The molecule has 0 atom stereocenters. The zero-order valence-electron chi connectivity index (χ0n) is 15.0. The molecule has 0 heterocycles. The first kappa shape index (κ1) is 20.2. The van der Waals surface area contributed by atoms with Crippen molar-refractivity contribution in [1.29, 1.82) is 0 Å². The van der Waals surface area contributed by atoms with E-state index in [0.717, 1.165) is 16.7 Å². The van der Waals surface area contributed by atoms with Crippen molar-refractivity contribution in [2.45, 2.75) is 6.92 Å². The van der Waals surface area contributed by atoms with Gasteiger partial charge in [-0.2, -0.15) is 0 Å². The van der Waals surface area contributed by atoms with Crippen LogP contribution < -0.4 is 9.47 Å². The Labute approximate surface area is 161 Å². The third kappa shape index (κ3) is 5.17. The van der Waals surface area contributed by atoms with E-state index in [-0.39, 0.29) is 19.4 Å². The van der Waals surface area contributed by atoms with Crippen LogP contribution >= 0.6 is 15.9 Å². The van der Waals surface area contributed by atoms with Crippen molar-refractivity contribution in [3.05, 3.63) is 52.5 Å². The number of rotatable bonds is 9. The molecule has 5 nitrogen and oxygen atoms in total. The predicted molar refractivity (Wildman–Crippen MR) is 104 cm³/mol. The van der Waals surface area contributed by atoms with Gasteiger partial charge in [-0.1, -0.05) is 30.3 Å². The average molecular weight is 421 g/mol. The highest BCUT2D eigenvalue weighted by atomic mass is 79.9. The molecule has 2 aromatic carbocycles. The van der Waals surface area contributed by atoms with Crippen LogP contribution in [0.25, 0.3) is 17.2 Å². The minimum atomic E-state index is -0.0570. The molecular formula is C20H21BrO5. The van der Waals surface area contributed by atoms with Crippen molar-refractivity contribution in [2.24, 2.45) is 0 Å². The first-order valence-corrected chi connectivity index (χ1v) is 8.71. The van der Waals surface area contributed by atoms with Gasteiger partial charge >= 0.3 is 0 Å². The molecule has 2 aromatic rings. The van der Waals surface area contributed by atoms with Gasteiger partial charge in [-0.3, -0.25) is 4.79 Å². The van der Waals surface area contributed by atoms with Gasteiger partial charge in [0.15, 0.2) is 19.4 Å². The van der Waals surface area contributed by atoms with Crippen LogP contribution in [-0.4, -0.2) is 33.6 Å². The van der Waals surface area contributed by atoms with Crippen LogP contribution in [0.2, 0.25) is 0 Å². The fourth-order valence-corrected chi connectivity index (χ4v) is 2.91. The Hall–Kier alpha value is -2.15. The molecule has 0 spiro atoms. The second kappa shape index (κ2) is 10.1. The summed E-state index contributed by atoms with van der Waals surface area (Å²) in [6.45, 7) is 1.67. The van der Waals surface area contributed by atoms with Gasteiger partial charge < -0.3 is 18.9 Å². The normalized spacial score (nSPS) is 10.9. The summed E-state index contributed by atoms with van der Waals surface area (Å²) in [6, 6.07) is 11.5. The van der Waals surface area contributed by atoms with Crippen LogP contribution in [0.4, 0.5) is 0 Å². The van der Waals surface area contributed by atoms with Crippen molar-refractivity contribution in [2.75, 3.05) is 27.8 Å². The van der Waals surface area contributed by atoms with Gasteiger partial charge in [-0.05, 0) is 40.6 Å². The van der Waals surface area contributed by atoms with E-state index in [1.54, 1.807) is 26.4 Å². The number of halogens is 1. The zero-order valence-corrected chi connectivity index (χ0v) is 16.5. The highest BCUT2D eigenvalue weighted by molar-refractivity contribution is 9.10. The molecule has 6 heteroatoms. The molecule has 0 aliphatic carbocycles. The van der Waals surface area contributed by atoms with E-state index < -0.39 is 0 Å². The molecule has 26 heavy (non-hydrogen) atoms. The summed E-state index contributed by atoms with van der Waals surface area (Å²) in [6.07, 6.45) is 3.25. The summed E-state index contributed by atoms with van der Waals surface area (Å²) in [5.74, 6) is 1.06. The number of ether oxygens (including phenoxy) is 4. The Bertz CT molecular complexity index is 772. The highest BCUT2D eigenvalue weighted by Crippen LogP contribution is 2.44. The number of methoxy groups -OCH3 is 2. The third-order valence-corrected chi connectivity index (χ3v) is 4.26. The molecule has 0 amide bonds. The number of carbonyl (C=O) groups is 1. The Morgan fingerprint density at radius 2 is 1.65 bits per heavy atom. The van der Waals surface area contributed by atoms with E-state index in [1.807, 2.05) is 30.3 Å². The maximum absolute atomic E-state index is 11.5. The largest absolute Gasteiger partial charge is 0.467 e. The van der Waals surface area contributed by atoms with Crippen molar-refractivity contribution in [3.8, 4) is 22.6 Å². The average Bonchev–Trinajstić information content (AvgIpc) is 2.65. The smallest absolute Gasteiger partial charge is 0.188 e. The summed E-state index contributed by atoms with van der Waals surface area (Å²) in [4.78, 5) is 11.5. The van der Waals surface area contributed by atoms with Crippen molar-refractivity contribution >= 4 is 27.8 Å². The van der Waals surface area contributed by atoms with Gasteiger partial charge in [0.05, 0.1) is 4.47 Å². The molecule has 0 fully saturated rings. The lowest BCUT2D eigenvalue weighted by molar-refractivity contribution is -0.112. The molecule has 0 aliphatic rings. The Kier molecular flexibility index (Phi) is 7.84. The van der Waals surface area contributed by atoms with Crippen LogP contribution in [0.5, 0.6) is 11.5 Å². The van der Waals surface area contributed by atoms with Crippen LogP contribution in [0.1, 0.15) is 12.5 Å². The van der Waals surface area contributed by atoms with Gasteiger partial charge in [0.25, 0.3) is 0 Å². The number of ketones is 1. The Morgan fingerprint density at radius 1 is 1.04 bits per heavy atom. The minimum Gasteiger partial charge on any atom is -0.467 e. The molecule has 0 saturated heterocycles. The van der Waals surface area contributed by atoms with Gasteiger partial charge in [0.2, 0.25) is 0 Å². The third-order valence-electron chi connectivity index (χ3n) is 3.44. The molecule has 0 radical (unpaired) electrons. The van der Waals surface area contributed by atoms with E-state index in [0.29, 0.717) is 16.0 Å². The molecule has 0 bridgehead atoms. The van der Waals surface area contributed by atoms with E-state index in [1.165, 1.54) is 13.0 Å². The number of allylic oxidation sites excluding steroid dienone is 1. The minimum absolute atomic E-state index is 0.0570. The van der Waals surface area contributed by atoms with E-state index in [4.69, 9.17) is 18.9 Å². The van der Waals surface area contributed by atoms with E-state index >= 15 is 0 Å². The van der Waals surface area contributed by atoms with Crippen LogP contribution in [0.3, 0.4) is 0 Å². The second-order valence-corrected chi connectivity index (χ2v) is 6.18. The summed E-state index contributed by atoms with van der Waals surface area (Å²) < 4.78 is 22.2. The summed E-state index contributed by atoms with van der Waals surface area (Å²) in [5, 5.41) is 0. The highest BCUT2D eigenvalue weighted by Gasteiger charge is 2.19. The number of carbonyl (C=O) groups excluding carboxylic acids is 1. The molecule has 0 aliphatic heterocycles. The van der Waals surface area contributed by atoms with Crippen LogP contribution in [0.15, 0.2) is 46.9 Å². The van der Waals surface area contributed by atoms with Gasteiger partial charge in [0, 0.05) is 31.4 Å². The van der Waals surface area contributed by atoms with Crippen molar-refractivity contribution in [3.63, 3.8) is 0 Å². The van der Waals surface area contributed by atoms with Crippen molar-refractivity contribution < 1.29 is 23.7 Å². The number of hydrogen-bond donors (Lipinski definition) is 0. The number of benzene rings is 2. The van der Waals surface area contributed by atoms with Crippen LogP contribution in [-0.2, 0) is 14.3 Å². The molecule has 0 N–H and O–H groups in total. The number of hydrogen-bond acceptors (Lipinski definition) is 5. The van der Waals surface area contributed by atoms with Crippen molar-refractivity contribution in [1.82, 2.24) is 0 Å². The first-order chi connectivity index (χ1) is 12.6. The van der Waals surface area contributed by atoms with E-state index in [2.05, 4.69) is 15.9 Å². The lowest BCUT2D eigenvalue weighted by Gasteiger charge is -2.18. The fourth-order valence-electron chi connectivity index (χ4n) is 2.35. The quantitative estimate of drug-likeness (QED) is 0.435.